The Bertz CT molecular complexity index is 590. The summed E-state index contributed by atoms with van der Waals surface area (Å²) < 4.78 is 5.46. The first-order valence-electron chi connectivity index (χ1n) is 9.35. The van der Waals surface area contributed by atoms with Crippen LogP contribution in [0, 0.1) is 5.92 Å². The lowest BCUT2D eigenvalue weighted by atomic mass is 9.98. The van der Waals surface area contributed by atoms with Crippen molar-refractivity contribution in [2.45, 2.75) is 70.7 Å². The summed E-state index contributed by atoms with van der Waals surface area (Å²) in [7, 11) is 0. The Morgan fingerprint density at radius 2 is 1.76 bits per heavy atom. The summed E-state index contributed by atoms with van der Waals surface area (Å²) in [6.07, 6.45) is 5.12. The van der Waals surface area contributed by atoms with Gasteiger partial charge in [-0.3, -0.25) is 0 Å². The molecule has 1 aromatic rings. The van der Waals surface area contributed by atoms with E-state index in [-0.39, 0.29) is 36.6 Å². The predicted molar refractivity (Wildman–Crippen MR) is 95.9 cm³/mol. The fourth-order valence-electron chi connectivity index (χ4n) is 3.65. The van der Waals surface area contributed by atoms with Gasteiger partial charge in [0.1, 0.15) is 12.6 Å². The molecule has 1 saturated carbocycles. The van der Waals surface area contributed by atoms with Crippen LogP contribution in [0.25, 0.3) is 0 Å². The van der Waals surface area contributed by atoms with Gasteiger partial charge in [-0.2, -0.15) is 0 Å². The minimum absolute atomic E-state index is 0.131. The largest absolute Gasteiger partial charge is 0.459 e. The van der Waals surface area contributed by atoms with E-state index in [2.05, 4.69) is 19.2 Å². The molecule has 2 fully saturated rings. The summed E-state index contributed by atoms with van der Waals surface area (Å²) in [6, 6.07) is 9.38. The summed E-state index contributed by atoms with van der Waals surface area (Å²) in [5.41, 5.74) is 0.954. The van der Waals surface area contributed by atoms with E-state index in [1.807, 2.05) is 35.2 Å². The third-order valence-electron chi connectivity index (χ3n) is 5.28. The lowest BCUT2D eigenvalue weighted by molar-refractivity contribution is -0.147. The van der Waals surface area contributed by atoms with E-state index in [0.29, 0.717) is 0 Å². The van der Waals surface area contributed by atoms with Crippen LogP contribution in [-0.2, 0) is 16.1 Å². The third-order valence-corrected chi connectivity index (χ3v) is 5.28. The lowest BCUT2D eigenvalue weighted by Crippen LogP contribution is -2.56. The molecule has 1 N–H and O–H groups in total. The lowest BCUT2D eigenvalue weighted by Gasteiger charge is -2.39. The minimum Gasteiger partial charge on any atom is -0.459 e. The Hall–Kier alpha value is -2.04. The monoisotopic (exact) mass is 344 g/mol. The van der Waals surface area contributed by atoms with Gasteiger partial charge in [0.15, 0.2) is 0 Å². The second-order valence-corrected chi connectivity index (χ2v) is 7.39. The van der Waals surface area contributed by atoms with Crippen LogP contribution in [-0.4, -0.2) is 35.0 Å². The number of likely N-dealkylation sites (tertiary alicyclic amines) is 1. The maximum atomic E-state index is 12.7. The Labute approximate surface area is 149 Å². The normalized spacial score (nSPS) is 24.5. The number of piperidine rings is 1. The molecule has 1 aromatic carbocycles. The highest BCUT2D eigenvalue weighted by Crippen LogP contribution is 2.34. The van der Waals surface area contributed by atoms with E-state index < -0.39 is 6.04 Å². The molecule has 5 nitrogen and oxygen atoms in total. The average Bonchev–Trinajstić information content (AvgIpc) is 3.43. The van der Waals surface area contributed by atoms with Crippen LogP contribution in [0.15, 0.2) is 30.3 Å². The third kappa shape index (κ3) is 4.53. The average molecular weight is 344 g/mol. The Balaban J connectivity index is 1.59. The van der Waals surface area contributed by atoms with Crippen LogP contribution in [0.5, 0.6) is 0 Å². The summed E-state index contributed by atoms with van der Waals surface area (Å²) in [4.78, 5) is 27.2. The Morgan fingerprint density at radius 3 is 2.36 bits per heavy atom. The number of amides is 2. The maximum absolute atomic E-state index is 12.7. The standard InChI is InChI=1S/C20H28N2O3/c1-14-7-6-8-15(2)22(14)20(24)21-18(17-11-12-17)19(23)25-13-16-9-4-3-5-10-16/h3-5,9-10,14-15,17-18H,6-8,11-13H2,1-2H3,(H,21,24)/t14-,15+,18?. The van der Waals surface area contributed by atoms with Gasteiger partial charge in [0, 0.05) is 12.1 Å². The highest BCUT2D eigenvalue weighted by atomic mass is 16.5. The zero-order valence-corrected chi connectivity index (χ0v) is 15.1. The molecule has 1 heterocycles. The van der Waals surface area contributed by atoms with Crippen molar-refractivity contribution in [1.29, 1.82) is 0 Å². The molecule has 3 atom stereocenters. The van der Waals surface area contributed by atoms with Gasteiger partial charge in [-0.05, 0) is 57.4 Å². The van der Waals surface area contributed by atoms with Crippen molar-refractivity contribution in [3.8, 4) is 0 Å². The highest BCUT2D eigenvalue weighted by molar-refractivity contribution is 5.84. The summed E-state index contributed by atoms with van der Waals surface area (Å²) in [5.74, 6) is -0.111. The van der Waals surface area contributed by atoms with E-state index in [0.717, 1.165) is 37.7 Å². The van der Waals surface area contributed by atoms with Crippen molar-refractivity contribution in [1.82, 2.24) is 10.2 Å². The van der Waals surface area contributed by atoms with Gasteiger partial charge in [-0.15, -0.1) is 0 Å². The van der Waals surface area contributed by atoms with E-state index in [9.17, 15) is 9.59 Å². The first-order valence-corrected chi connectivity index (χ1v) is 9.35. The summed E-state index contributed by atoms with van der Waals surface area (Å²) >= 11 is 0. The topological polar surface area (TPSA) is 58.6 Å². The number of carbonyl (C=O) groups excluding carboxylic acids is 2. The van der Waals surface area contributed by atoms with Crippen molar-refractivity contribution in [3.05, 3.63) is 35.9 Å². The molecular weight excluding hydrogens is 316 g/mol. The number of hydrogen-bond donors (Lipinski definition) is 1. The van der Waals surface area contributed by atoms with Crippen LogP contribution in [0.2, 0.25) is 0 Å². The fraction of sp³-hybridized carbons (Fsp3) is 0.600. The smallest absolute Gasteiger partial charge is 0.329 e. The van der Waals surface area contributed by atoms with E-state index in [1.165, 1.54) is 0 Å². The quantitative estimate of drug-likeness (QED) is 0.832. The van der Waals surface area contributed by atoms with Gasteiger partial charge in [0.25, 0.3) is 0 Å². The molecule has 1 aliphatic carbocycles. The maximum Gasteiger partial charge on any atom is 0.329 e. The van der Waals surface area contributed by atoms with Gasteiger partial charge in [-0.1, -0.05) is 30.3 Å². The van der Waals surface area contributed by atoms with Crippen molar-refractivity contribution in [3.63, 3.8) is 0 Å². The molecule has 0 spiro atoms. The van der Waals surface area contributed by atoms with Gasteiger partial charge < -0.3 is 15.0 Å². The molecule has 0 radical (unpaired) electrons. The Kier molecular flexibility index (Phi) is 5.61. The van der Waals surface area contributed by atoms with Crippen LogP contribution in [0.1, 0.15) is 51.5 Å². The van der Waals surface area contributed by atoms with Crippen molar-refractivity contribution < 1.29 is 14.3 Å². The van der Waals surface area contributed by atoms with E-state index >= 15 is 0 Å². The molecule has 2 aliphatic rings. The number of rotatable bonds is 5. The van der Waals surface area contributed by atoms with Crippen molar-refractivity contribution in [2.75, 3.05) is 0 Å². The molecular formula is C20H28N2O3. The molecule has 136 valence electrons. The van der Waals surface area contributed by atoms with E-state index in [1.54, 1.807) is 0 Å². The second-order valence-electron chi connectivity index (χ2n) is 7.39. The SMILES string of the molecule is C[C@@H]1CCC[C@H](C)N1C(=O)NC(C(=O)OCc1ccccc1)C1CC1. The molecule has 5 heteroatoms. The van der Waals surface area contributed by atoms with Crippen LogP contribution < -0.4 is 5.32 Å². The van der Waals surface area contributed by atoms with Gasteiger partial charge >= 0.3 is 12.0 Å². The number of urea groups is 1. The van der Waals surface area contributed by atoms with Gasteiger partial charge in [-0.25, -0.2) is 9.59 Å². The number of ether oxygens (including phenoxy) is 1. The number of carbonyl (C=O) groups is 2. The molecule has 2 amide bonds. The first kappa shape index (κ1) is 17.8. The Morgan fingerprint density at radius 1 is 1.12 bits per heavy atom. The molecule has 3 rings (SSSR count). The van der Waals surface area contributed by atoms with Crippen molar-refractivity contribution >= 4 is 12.0 Å². The summed E-state index contributed by atoms with van der Waals surface area (Å²) in [5, 5.41) is 2.96. The highest BCUT2D eigenvalue weighted by Gasteiger charge is 2.40. The van der Waals surface area contributed by atoms with Gasteiger partial charge in [0.05, 0.1) is 0 Å². The number of nitrogens with one attached hydrogen (secondary N) is 1. The zero-order chi connectivity index (χ0) is 17.8. The number of hydrogen-bond acceptors (Lipinski definition) is 3. The predicted octanol–water partition coefficient (Wildman–Crippen LogP) is 3.48. The molecule has 25 heavy (non-hydrogen) atoms. The first-order chi connectivity index (χ1) is 12.1. The van der Waals surface area contributed by atoms with Crippen LogP contribution in [0.3, 0.4) is 0 Å². The van der Waals surface area contributed by atoms with Crippen molar-refractivity contribution in [2.24, 2.45) is 5.92 Å². The fourth-order valence-corrected chi connectivity index (χ4v) is 3.65. The number of nitrogens with zero attached hydrogens (tertiary/aromatic N) is 1. The van der Waals surface area contributed by atoms with Crippen LogP contribution >= 0.6 is 0 Å². The number of esters is 1. The molecule has 1 unspecified atom stereocenters. The number of benzene rings is 1. The summed E-state index contributed by atoms with van der Waals surface area (Å²) in [6.45, 7) is 4.40. The molecule has 0 bridgehead atoms. The van der Waals surface area contributed by atoms with Crippen LogP contribution in [0.4, 0.5) is 4.79 Å². The minimum atomic E-state index is -0.530. The van der Waals surface area contributed by atoms with Gasteiger partial charge in [0.2, 0.25) is 0 Å². The molecule has 1 aliphatic heterocycles. The zero-order valence-electron chi connectivity index (χ0n) is 15.1. The van der Waals surface area contributed by atoms with E-state index in [4.69, 9.17) is 4.74 Å². The molecule has 0 aromatic heterocycles. The second kappa shape index (κ2) is 7.89. The molecule has 1 saturated heterocycles.